The number of ether oxygens (including phenoxy) is 2. The van der Waals surface area contributed by atoms with Gasteiger partial charge in [0, 0.05) is 45.4 Å². The highest BCUT2D eigenvalue weighted by atomic mass is 35.5. The van der Waals surface area contributed by atoms with Crippen molar-refractivity contribution in [3.63, 3.8) is 0 Å². The Morgan fingerprint density at radius 2 is 1.02 bits per heavy atom. The molecule has 0 radical (unpaired) electrons. The third-order valence-electron chi connectivity index (χ3n) is 5.77. The molecule has 0 amide bonds. The number of carbonyl (C=O) groups is 2. The van der Waals surface area contributed by atoms with E-state index in [1.165, 1.54) is 14.2 Å². The van der Waals surface area contributed by atoms with Crippen LogP contribution in [-0.4, -0.2) is 56.3 Å². The molecule has 0 aliphatic rings. The summed E-state index contributed by atoms with van der Waals surface area (Å²) in [5.41, 5.74) is 4.39. The molecule has 0 aliphatic heterocycles. The second-order valence-electron chi connectivity index (χ2n) is 8.39. The lowest BCUT2D eigenvalue weighted by molar-refractivity contribution is 0.0671. The Kier molecular flexibility index (Phi) is 10.4. The van der Waals surface area contributed by atoms with Crippen molar-refractivity contribution < 1.29 is 29.3 Å². The highest BCUT2D eigenvalue weighted by Crippen LogP contribution is 2.27. The predicted octanol–water partition coefficient (Wildman–Crippen LogP) is 5.47. The van der Waals surface area contributed by atoms with E-state index in [1.54, 1.807) is 26.0 Å². The average molecular weight is 585 g/mol. The molecule has 2 N–H and O–H groups in total. The summed E-state index contributed by atoms with van der Waals surface area (Å²) >= 11 is 12.3. The number of nitrogens with zero attached hydrogens (tertiary/aromatic N) is 4. The molecule has 0 fully saturated rings. The zero-order valence-corrected chi connectivity index (χ0v) is 23.6. The lowest BCUT2D eigenvalue weighted by Crippen LogP contribution is -2.10. The van der Waals surface area contributed by atoms with Crippen molar-refractivity contribution in [2.75, 3.05) is 14.2 Å². The topological polar surface area (TPSA) is 145 Å². The molecule has 2 aromatic heterocycles. The highest BCUT2D eigenvalue weighted by molar-refractivity contribution is 6.31. The third kappa shape index (κ3) is 7.43. The number of carboxylic acid groups (broad SMARTS) is 2. The maximum absolute atomic E-state index is 10.9. The molecular formula is C28H26Cl2N4O6. The van der Waals surface area contributed by atoms with Crippen molar-refractivity contribution in [1.82, 2.24) is 19.9 Å². The van der Waals surface area contributed by atoms with E-state index in [-0.39, 0.29) is 23.4 Å². The van der Waals surface area contributed by atoms with Gasteiger partial charge in [0.2, 0.25) is 23.4 Å². The Balaban J connectivity index is 0.000000220. The van der Waals surface area contributed by atoms with E-state index in [1.807, 2.05) is 36.4 Å². The molecule has 0 saturated carbocycles. The van der Waals surface area contributed by atoms with Gasteiger partial charge in [-0.3, -0.25) is 0 Å². The van der Waals surface area contributed by atoms with Crippen LogP contribution >= 0.6 is 23.2 Å². The molecule has 4 rings (SSSR count). The smallest absolute Gasteiger partial charge is 0.374 e. The summed E-state index contributed by atoms with van der Waals surface area (Å²) in [6.07, 6.45) is 0.961. The van der Waals surface area contributed by atoms with E-state index in [9.17, 15) is 9.59 Å². The fourth-order valence-electron chi connectivity index (χ4n) is 3.74. The first-order chi connectivity index (χ1) is 19.0. The van der Waals surface area contributed by atoms with Gasteiger partial charge in [-0.05, 0) is 37.1 Å². The molecule has 12 heteroatoms. The molecule has 10 nitrogen and oxygen atoms in total. The Bertz CT molecular complexity index is 1430. The first kappa shape index (κ1) is 30.3. The number of aromatic carboxylic acids is 2. The van der Waals surface area contributed by atoms with E-state index >= 15 is 0 Å². The molecule has 0 unspecified atom stereocenters. The number of hydrogen-bond acceptors (Lipinski definition) is 8. The lowest BCUT2D eigenvalue weighted by Gasteiger charge is -2.11. The number of aromatic nitrogens is 4. The maximum Gasteiger partial charge on any atom is 0.374 e. The monoisotopic (exact) mass is 584 g/mol. The molecule has 40 heavy (non-hydrogen) atoms. The van der Waals surface area contributed by atoms with Crippen molar-refractivity contribution >= 4 is 35.1 Å². The Morgan fingerprint density at radius 1 is 0.675 bits per heavy atom. The van der Waals surface area contributed by atoms with Crippen LogP contribution in [0.15, 0.2) is 48.5 Å². The minimum Gasteiger partial charge on any atom is -0.481 e. The van der Waals surface area contributed by atoms with Crippen molar-refractivity contribution in [1.29, 1.82) is 0 Å². The number of methoxy groups -OCH3 is 2. The molecule has 2 aromatic carbocycles. The van der Waals surface area contributed by atoms with Gasteiger partial charge in [-0.15, -0.1) is 0 Å². The van der Waals surface area contributed by atoms with Crippen LogP contribution in [0.25, 0.3) is 0 Å². The molecule has 208 valence electrons. The van der Waals surface area contributed by atoms with Crippen LogP contribution in [0, 0.1) is 13.8 Å². The van der Waals surface area contributed by atoms with Crippen molar-refractivity contribution in [3.05, 3.63) is 104 Å². The predicted molar refractivity (Wildman–Crippen MR) is 149 cm³/mol. The first-order valence-corrected chi connectivity index (χ1v) is 12.6. The largest absolute Gasteiger partial charge is 0.481 e. The Labute approximate surface area is 240 Å². The van der Waals surface area contributed by atoms with Gasteiger partial charge in [0.25, 0.3) is 0 Å². The molecule has 0 bridgehead atoms. The summed E-state index contributed by atoms with van der Waals surface area (Å²) in [5.74, 6) is -2.40. The lowest BCUT2D eigenvalue weighted by atomic mass is 10.0. The number of rotatable bonds is 8. The second-order valence-corrected chi connectivity index (χ2v) is 9.20. The molecular weight excluding hydrogens is 559 g/mol. The van der Waals surface area contributed by atoms with Crippen molar-refractivity contribution in [3.8, 4) is 11.8 Å². The minimum atomic E-state index is -1.18. The summed E-state index contributed by atoms with van der Waals surface area (Å²) in [6, 6.07) is 14.8. The van der Waals surface area contributed by atoms with Gasteiger partial charge < -0.3 is 19.7 Å². The van der Waals surface area contributed by atoms with Gasteiger partial charge in [-0.1, -0.05) is 59.6 Å². The number of aryl methyl sites for hydroxylation is 2. The normalized spacial score (nSPS) is 10.3. The Morgan fingerprint density at radius 3 is 1.32 bits per heavy atom. The molecule has 0 spiro atoms. The van der Waals surface area contributed by atoms with E-state index < -0.39 is 11.9 Å². The molecule has 0 atom stereocenters. The van der Waals surface area contributed by atoms with E-state index in [2.05, 4.69) is 19.9 Å². The van der Waals surface area contributed by atoms with Crippen molar-refractivity contribution in [2.45, 2.75) is 26.7 Å². The average Bonchev–Trinajstić information content (AvgIpc) is 2.92. The SMILES string of the molecule is COc1nc(C(=O)O)nc(C)c1Cc1ccccc1Cl.COc1nc(C(=O)O)nc(C)c1Cc1ccccc1Cl. The Hall–Kier alpha value is -4.28. The third-order valence-corrected chi connectivity index (χ3v) is 6.51. The zero-order valence-electron chi connectivity index (χ0n) is 22.1. The number of halogens is 2. The van der Waals surface area contributed by atoms with Crippen LogP contribution in [-0.2, 0) is 12.8 Å². The van der Waals surface area contributed by atoms with Crippen LogP contribution in [0.1, 0.15) is 54.9 Å². The van der Waals surface area contributed by atoms with Gasteiger partial charge in [-0.2, -0.15) is 9.97 Å². The minimum absolute atomic E-state index is 0.259. The second kappa shape index (κ2) is 13.7. The first-order valence-electron chi connectivity index (χ1n) is 11.8. The van der Waals surface area contributed by atoms with Crippen LogP contribution in [0.5, 0.6) is 11.8 Å². The van der Waals surface area contributed by atoms with Gasteiger partial charge in [0.05, 0.1) is 14.2 Å². The van der Waals surface area contributed by atoms with Gasteiger partial charge in [-0.25, -0.2) is 19.6 Å². The summed E-state index contributed by atoms with van der Waals surface area (Å²) in [4.78, 5) is 37.6. The van der Waals surface area contributed by atoms with Crippen molar-refractivity contribution in [2.24, 2.45) is 0 Å². The fourth-order valence-corrected chi connectivity index (χ4v) is 4.15. The van der Waals surface area contributed by atoms with E-state index in [0.717, 1.165) is 22.3 Å². The fraction of sp³-hybridized carbons (Fsp3) is 0.214. The number of hydrogen-bond donors (Lipinski definition) is 2. The summed E-state index contributed by atoms with van der Waals surface area (Å²) < 4.78 is 10.3. The molecule has 2 heterocycles. The zero-order chi connectivity index (χ0) is 29.4. The van der Waals surface area contributed by atoms with Gasteiger partial charge in [0.15, 0.2) is 0 Å². The van der Waals surface area contributed by atoms with Gasteiger partial charge in [0.1, 0.15) is 0 Å². The van der Waals surface area contributed by atoms with Crippen LogP contribution in [0.3, 0.4) is 0 Å². The van der Waals surface area contributed by atoms with E-state index in [4.69, 9.17) is 42.9 Å². The van der Waals surface area contributed by atoms with E-state index in [0.29, 0.717) is 34.3 Å². The summed E-state index contributed by atoms with van der Waals surface area (Å²) in [7, 11) is 2.90. The standard InChI is InChI=1S/2C14H13ClN2O3/c2*1-8-10(7-9-5-3-4-6-11(9)15)13(20-2)17-12(16-8)14(18)19/h2*3-6H,7H2,1-2H3,(H,18,19). The number of benzene rings is 2. The highest BCUT2D eigenvalue weighted by Gasteiger charge is 2.18. The summed E-state index contributed by atoms with van der Waals surface area (Å²) in [5, 5.41) is 19.2. The molecule has 4 aromatic rings. The quantitative estimate of drug-likeness (QED) is 0.273. The van der Waals surface area contributed by atoms with Crippen LogP contribution < -0.4 is 9.47 Å². The molecule has 0 aliphatic carbocycles. The number of carboxylic acids is 2. The maximum atomic E-state index is 10.9. The molecule has 0 saturated heterocycles. The van der Waals surface area contributed by atoms with Crippen LogP contribution in [0.4, 0.5) is 0 Å². The van der Waals surface area contributed by atoms with Gasteiger partial charge >= 0.3 is 11.9 Å². The summed E-state index contributed by atoms with van der Waals surface area (Å²) in [6.45, 7) is 3.45. The van der Waals surface area contributed by atoms with Crippen LogP contribution in [0.2, 0.25) is 10.0 Å².